The molecule has 112 valence electrons. The summed E-state index contributed by atoms with van der Waals surface area (Å²) in [7, 11) is -3.50. The lowest BCUT2D eigenvalue weighted by atomic mass is 10.3. The van der Waals surface area contributed by atoms with Crippen LogP contribution in [0.3, 0.4) is 0 Å². The number of nitrogens with one attached hydrogen (secondary N) is 2. The molecule has 0 saturated heterocycles. The number of hydrogen-bond donors (Lipinski definition) is 2. The molecule has 0 aliphatic heterocycles. The van der Waals surface area contributed by atoms with Gasteiger partial charge in [-0.2, -0.15) is 0 Å². The van der Waals surface area contributed by atoms with E-state index in [1.165, 1.54) is 24.2 Å². The molecular formula is C15H18N2O2S2. The van der Waals surface area contributed by atoms with E-state index >= 15 is 0 Å². The summed E-state index contributed by atoms with van der Waals surface area (Å²) >= 11 is 1.34. The topological polar surface area (TPSA) is 58.2 Å². The molecule has 1 aromatic carbocycles. The smallest absolute Gasteiger partial charge is 0.271 e. The summed E-state index contributed by atoms with van der Waals surface area (Å²) in [4.78, 5) is 1.09. The van der Waals surface area contributed by atoms with Gasteiger partial charge >= 0.3 is 0 Å². The molecule has 6 heteroatoms. The largest absolute Gasteiger partial charge is 0.309 e. The molecule has 0 bridgehead atoms. The number of para-hydroxylation sites is 1. The number of sulfonamides is 1. The fourth-order valence-corrected chi connectivity index (χ4v) is 4.63. The van der Waals surface area contributed by atoms with E-state index in [2.05, 4.69) is 10.0 Å². The lowest BCUT2D eigenvalue weighted by Gasteiger charge is -2.05. The normalized spacial score (nSPS) is 15.1. The Kier molecular flexibility index (Phi) is 4.01. The fourth-order valence-electron chi connectivity index (χ4n) is 2.03. The molecule has 1 aromatic heterocycles. The summed E-state index contributed by atoms with van der Waals surface area (Å²) in [6.07, 6.45) is 2.45. The van der Waals surface area contributed by atoms with E-state index in [1.54, 1.807) is 18.2 Å². The Morgan fingerprint density at radius 2 is 1.95 bits per heavy atom. The van der Waals surface area contributed by atoms with Crippen molar-refractivity contribution in [3.8, 4) is 0 Å². The zero-order valence-corrected chi connectivity index (χ0v) is 13.4. The van der Waals surface area contributed by atoms with Gasteiger partial charge in [0.1, 0.15) is 4.21 Å². The molecule has 3 rings (SSSR count). The maximum atomic E-state index is 12.4. The summed E-state index contributed by atoms with van der Waals surface area (Å²) in [5, 5.41) is 3.42. The highest BCUT2D eigenvalue weighted by molar-refractivity contribution is 7.94. The van der Waals surface area contributed by atoms with Crippen LogP contribution in [-0.4, -0.2) is 14.5 Å². The molecule has 2 N–H and O–H groups in total. The Labute approximate surface area is 129 Å². The average Bonchev–Trinajstić information content (AvgIpc) is 3.20. The van der Waals surface area contributed by atoms with Crippen molar-refractivity contribution in [3.05, 3.63) is 46.8 Å². The molecule has 2 aromatic rings. The van der Waals surface area contributed by atoms with Crippen molar-refractivity contribution in [3.63, 3.8) is 0 Å². The predicted molar refractivity (Wildman–Crippen MR) is 86.2 cm³/mol. The highest BCUT2D eigenvalue weighted by atomic mass is 32.2. The third kappa shape index (κ3) is 3.64. The van der Waals surface area contributed by atoms with Crippen LogP contribution >= 0.6 is 11.3 Å². The van der Waals surface area contributed by atoms with Gasteiger partial charge in [-0.15, -0.1) is 11.3 Å². The van der Waals surface area contributed by atoms with Gasteiger partial charge in [-0.25, -0.2) is 8.42 Å². The molecular weight excluding hydrogens is 304 g/mol. The van der Waals surface area contributed by atoms with E-state index in [4.69, 9.17) is 0 Å². The monoisotopic (exact) mass is 322 g/mol. The zero-order valence-electron chi connectivity index (χ0n) is 11.8. The quantitative estimate of drug-likeness (QED) is 0.859. The third-order valence-corrected chi connectivity index (χ3v) is 6.51. The Morgan fingerprint density at radius 1 is 1.24 bits per heavy atom. The molecule has 0 amide bonds. The number of rotatable bonds is 6. The van der Waals surface area contributed by atoms with Gasteiger partial charge in [0.15, 0.2) is 0 Å². The molecule has 0 radical (unpaired) electrons. The summed E-state index contributed by atoms with van der Waals surface area (Å²) in [6, 6.07) is 11.3. The van der Waals surface area contributed by atoms with Gasteiger partial charge in [0, 0.05) is 23.2 Å². The van der Waals surface area contributed by atoms with E-state index in [9.17, 15) is 8.42 Å². The Morgan fingerprint density at radius 3 is 2.62 bits per heavy atom. The zero-order chi connectivity index (χ0) is 14.9. The molecule has 1 saturated carbocycles. The van der Waals surface area contributed by atoms with E-state index in [0.717, 1.165) is 17.0 Å². The Hall–Kier alpha value is -1.37. The van der Waals surface area contributed by atoms with E-state index in [0.29, 0.717) is 15.9 Å². The molecule has 1 aliphatic carbocycles. The van der Waals surface area contributed by atoms with E-state index in [-0.39, 0.29) is 0 Å². The van der Waals surface area contributed by atoms with Gasteiger partial charge in [0.05, 0.1) is 0 Å². The Bertz CT molecular complexity index is 719. The number of anilines is 1. The van der Waals surface area contributed by atoms with Crippen LogP contribution in [0.2, 0.25) is 0 Å². The number of hydrogen-bond acceptors (Lipinski definition) is 4. The predicted octanol–water partition coefficient (Wildman–Crippen LogP) is 3.11. The minimum atomic E-state index is -3.50. The van der Waals surface area contributed by atoms with Gasteiger partial charge in [-0.3, -0.25) is 4.72 Å². The van der Waals surface area contributed by atoms with Crippen LogP contribution in [0, 0.1) is 6.92 Å². The number of thiophene rings is 1. The molecule has 1 heterocycles. The van der Waals surface area contributed by atoms with E-state index in [1.807, 2.05) is 25.1 Å². The van der Waals surface area contributed by atoms with Crippen LogP contribution < -0.4 is 10.0 Å². The molecule has 0 atom stereocenters. The average molecular weight is 322 g/mol. The highest BCUT2D eigenvalue weighted by Crippen LogP contribution is 2.28. The molecule has 21 heavy (non-hydrogen) atoms. The second-order valence-electron chi connectivity index (χ2n) is 5.30. The van der Waals surface area contributed by atoms with Crippen LogP contribution in [0.5, 0.6) is 0 Å². The number of aryl methyl sites for hydroxylation is 1. The van der Waals surface area contributed by atoms with Gasteiger partial charge in [0.25, 0.3) is 10.0 Å². The van der Waals surface area contributed by atoms with Crippen molar-refractivity contribution < 1.29 is 8.42 Å². The first kappa shape index (κ1) is 14.6. The summed E-state index contributed by atoms with van der Waals surface area (Å²) in [6.45, 7) is 2.71. The maximum Gasteiger partial charge on any atom is 0.271 e. The molecule has 1 aliphatic rings. The van der Waals surface area contributed by atoms with Crippen molar-refractivity contribution in [1.29, 1.82) is 0 Å². The van der Waals surface area contributed by atoms with Gasteiger partial charge in [0.2, 0.25) is 0 Å². The Balaban J connectivity index is 1.76. The first-order chi connectivity index (χ1) is 10.0. The first-order valence-corrected chi connectivity index (χ1v) is 9.25. The lowest BCUT2D eigenvalue weighted by molar-refractivity contribution is 0.603. The van der Waals surface area contributed by atoms with E-state index < -0.39 is 10.0 Å². The molecule has 0 spiro atoms. The van der Waals surface area contributed by atoms with Crippen LogP contribution in [-0.2, 0) is 16.6 Å². The van der Waals surface area contributed by atoms with Crippen LogP contribution in [0.15, 0.2) is 40.6 Å². The van der Waals surface area contributed by atoms with Gasteiger partial charge in [-0.1, -0.05) is 18.2 Å². The number of benzene rings is 1. The first-order valence-electron chi connectivity index (χ1n) is 6.95. The summed E-state index contributed by atoms with van der Waals surface area (Å²) < 4.78 is 27.8. The second kappa shape index (κ2) is 5.79. The van der Waals surface area contributed by atoms with Crippen molar-refractivity contribution >= 4 is 27.0 Å². The minimum absolute atomic E-state index is 0.372. The van der Waals surface area contributed by atoms with Crippen molar-refractivity contribution in [2.45, 2.75) is 36.6 Å². The van der Waals surface area contributed by atoms with Crippen LogP contribution in [0.1, 0.15) is 23.3 Å². The standard InChI is InChI=1S/C15H18N2O2S2/c1-11-9-15(20-14(11)10-16-12-7-8-12)21(18,19)17-13-5-3-2-4-6-13/h2-6,9,12,16-17H,7-8,10H2,1H3. The van der Waals surface area contributed by atoms with Gasteiger partial charge in [-0.05, 0) is 43.5 Å². The minimum Gasteiger partial charge on any atom is -0.309 e. The maximum absolute atomic E-state index is 12.4. The van der Waals surface area contributed by atoms with Crippen molar-refractivity contribution in [2.75, 3.05) is 4.72 Å². The fraction of sp³-hybridized carbons (Fsp3) is 0.333. The SMILES string of the molecule is Cc1cc(S(=O)(=O)Nc2ccccc2)sc1CNC1CC1. The highest BCUT2D eigenvalue weighted by Gasteiger charge is 2.22. The summed E-state index contributed by atoms with van der Waals surface area (Å²) in [5.74, 6) is 0. The molecule has 1 fully saturated rings. The van der Waals surface area contributed by atoms with Crippen LogP contribution in [0.25, 0.3) is 0 Å². The van der Waals surface area contributed by atoms with Crippen LogP contribution in [0.4, 0.5) is 5.69 Å². The summed E-state index contributed by atoms with van der Waals surface area (Å²) in [5.41, 5.74) is 1.61. The van der Waals surface area contributed by atoms with Gasteiger partial charge < -0.3 is 5.32 Å². The van der Waals surface area contributed by atoms with Crippen molar-refractivity contribution in [2.24, 2.45) is 0 Å². The second-order valence-corrected chi connectivity index (χ2v) is 8.34. The van der Waals surface area contributed by atoms with Crippen molar-refractivity contribution in [1.82, 2.24) is 5.32 Å². The third-order valence-electron chi connectivity index (χ3n) is 3.42. The lowest BCUT2D eigenvalue weighted by Crippen LogP contribution is -2.14. The molecule has 4 nitrogen and oxygen atoms in total. The molecule has 0 unspecified atom stereocenters.